The van der Waals surface area contributed by atoms with Crippen molar-refractivity contribution in [2.24, 2.45) is 11.7 Å². The first-order chi connectivity index (χ1) is 6.85. The lowest BCUT2D eigenvalue weighted by atomic mass is 9.96. The highest BCUT2D eigenvalue weighted by Gasteiger charge is 2.28. The Labute approximate surface area is 92.2 Å². The maximum absolute atomic E-state index is 11.8. The molecule has 0 aromatic heterocycles. The lowest BCUT2D eigenvalue weighted by Crippen LogP contribution is -2.54. The van der Waals surface area contributed by atoms with Gasteiger partial charge in [0.2, 0.25) is 5.91 Å². The molecular weight excluding hydrogens is 192 g/mol. The summed E-state index contributed by atoms with van der Waals surface area (Å²) in [5.74, 6) is 0.158. The van der Waals surface area contributed by atoms with Gasteiger partial charge in [0.05, 0.1) is 5.54 Å². The fraction of sp³-hybridized carbons (Fsp3) is 0.909. The highest BCUT2D eigenvalue weighted by Crippen LogP contribution is 2.10. The minimum Gasteiger partial charge on any atom is -0.396 e. The van der Waals surface area contributed by atoms with Crippen LogP contribution in [0.2, 0.25) is 0 Å². The van der Waals surface area contributed by atoms with Gasteiger partial charge in [-0.1, -0.05) is 20.8 Å². The monoisotopic (exact) mass is 216 g/mol. The molecule has 4 nitrogen and oxygen atoms in total. The van der Waals surface area contributed by atoms with Crippen LogP contribution in [-0.2, 0) is 4.79 Å². The molecule has 4 heteroatoms. The second kappa shape index (κ2) is 6.08. The van der Waals surface area contributed by atoms with Crippen LogP contribution in [0.4, 0.5) is 0 Å². The average Bonchev–Trinajstić information content (AvgIpc) is 2.16. The highest BCUT2D eigenvalue weighted by molar-refractivity contribution is 5.85. The predicted octanol–water partition coefficient (Wildman–Crippen LogP) is 0.637. The van der Waals surface area contributed by atoms with Gasteiger partial charge >= 0.3 is 0 Å². The molecule has 0 bridgehead atoms. The second-order valence-corrected chi connectivity index (χ2v) is 4.61. The van der Waals surface area contributed by atoms with E-state index in [0.29, 0.717) is 18.8 Å². The summed E-state index contributed by atoms with van der Waals surface area (Å²) in [5, 5.41) is 11.8. The first-order valence-corrected chi connectivity index (χ1v) is 5.55. The van der Waals surface area contributed by atoms with Crippen molar-refractivity contribution in [1.29, 1.82) is 0 Å². The van der Waals surface area contributed by atoms with E-state index in [1.807, 2.05) is 20.8 Å². The molecule has 90 valence electrons. The van der Waals surface area contributed by atoms with Gasteiger partial charge < -0.3 is 16.2 Å². The first kappa shape index (κ1) is 14.4. The van der Waals surface area contributed by atoms with Crippen molar-refractivity contribution in [1.82, 2.24) is 5.32 Å². The summed E-state index contributed by atoms with van der Waals surface area (Å²) in [5.41, 5.74) is 5.01. The second-order valence-electron chi connectivity index (χ2n) is 4.61. The third-order valence-corrected chi connectivity index (χ3v) is 2.81. The van der Waals surface area contributed by atoms with E-state index >= 15 is 0 Å². The van der Waals surface area contributed by atoms with Crippen LogP contribution < -0.4 is 11.1 Å². The molecule has 0 aromatic rings. The lowest BCUT2D eigenvalue weighted by Gasteiger charge is -2.28. The van der Waals surface area contributed by atoms with Crippen molar-refractivity contribution in [3.05, 3.63) is 0 Å². The number of hydrogen-bond donors (Lipinski definition) is 3. The lowest BCUT2D eigenvalue weighted by molar-refractivity contribution is -0.127. The zero-order valence-electron chi connectivity index (χ0n) is 10.2. The number of aliphatic hydroxyl groups excluding tert-OH is 1. The van der Waals surface area contributed by atoms with E-state index in [-0.39, 0.29) is 18.6 Å². The molecule has 1 amide bonds. The molecule has 2 unspecified atom stereocenters. The van der Waals surface area contributed by atoms with E-state index in [9.17, 15) is 4.79 Å². The van der Waals surface area contributed by atoms with E-state index < -0.39 is 5.54 Å². The van der Waals surface area contributed by atoms with Crippen LogP contribution in [0, 0.1) is 5.92 Å². The average molecular weight is 216 g/mol. The molecule has 0 heterocycles. The molecule has 0 aromatic carbocycles. The van der Waals surface area contributed by atoms with Crippen molar-refractivity contribution in [2.45, 2.75) is 52.1 Å². The van der Waals surface area contributed by atoms with Crippen molar-refractivity contribution >= 4 is 5.91 Å². The zero-order chi connectivity index (χ0) is 12.1. The summed E-state index contributed by atoms with van der Waals surface area (Å²) in [6.45, 7) is 7.71. The van der Waals surface area contributed by atoms with Crippen molar-refractivity contribution in [2.75, 3.05) is 6.61 Å². The van der Waals surface area contributed by atoms with Crippen molar-refractivity contribution < 1.29 is 9.90 Å². The summed E-state index contributed by atoms with van der Waals surface area (Å²) in [6, 6.07) is -0.00285. The van der Waals surface area contributed by atoms with Crippen LogP contribution in [0.5, 0.6) is 0 Å². The maximum atomic E-state index is 11.8. The maximum Gasteiger partial charge on any atom is 0.240 e. The third kappa shape index (κ3) is 4.62. The SMILES string of the molecule is CCC(C)(N)C(=O)NC(CCO)C(C)C. The Kier molecular flexibility index (Phi) is 5.83. The topological polar surface area (TPSA) is 75.4 Å². The predicted molar refractivity (Wildman–Crippen MR) is 61.4 cm³/mol. The Morgan fingerprint density at radius 3 is 2.40 bits per heavy atom. The van der Waals surface area contributed by atoms with Gasteiger partial charge in [-0.25, -0.2) is 0 Å². The minimum atomic E-state index is -0.817. The Bertz CT molecular complexity index is 203. The number of nitrogens with two attached hydrogens (primary N) is 1. The van der Waals surface area contributed by atoms with Crippen LogP contribution in [-0.4, -0.2) is 29.2 Å². The fourth-order valence-corrected chi connectivity index (χ4v) is 1.21. The van der Waals surface area contributed by atoms with Crippen LogP contribution in [0.15, 0.2) is 0 Å². The van der Waals surface area contributed by atoms with E-state index in [1.54, 1.807) is 6.92 Å². The molecule has 0 saturated heterocycles. The molecule has 2 atom stereocenters. The molecule has 0 saturated carbocycles. The van der Waals surface area contributed by atoms with E-state index in [2.05, 4.69) is 5.32 Å². The summed E-state index contributed by atoms with van der Waals surface area (Å²) >= 11 is 0. The summed E-state index contributed by atoms with van der Waals surface area (Å²) in [6.07, 6.45) is 1.17. The number of amides is 1. The van der Waals surface area contributed by atoms with Crippen LogP contribution in [0.25, 0.3) is 0 Å². The zero-order valence-corrected chi connectivity index (χ0v) is 10.2. The molecule has 0 aliphatic carbocycles. The largest absolute Gasteiger partial charge is 0.396 e. The molecule has 0 rings (SSSR count). The van der Waals surface area contributed by atoms with Gasteiger partial charge in [-0.2, -0.15) is 0 Å². The van der Waals surface area contributed by atoms with Gasteiger partial charge in [0.1, 0.15) is 0 Å². The van der Waals surface area contributed by atoms with E-state index in [4.69, 9.17) is 10.8 Å². The molecule has 0 aliphatic rings. The number of hydrogen-bond acceptors (Lipinski definition) is 3. The fourth-order valence-electron chi connectivity index (χ4n) is 1.21. The third-order valence-electron chi connectivity index (χ3n) is 2.81. The number of carbonyl (C=O) groups is 1. The Morgan fingerprint density at radius 2 is 2.07 bits per heavy atom. The number of rotatable bonds is 6. The number of aliphatic hydroxyl groups is 1. The van der Waals surface area contributed by atoms with Gasteiger partial charge in [0.15, 0.2) is 0 Å². The summed E-state index contributed by atoms with van der Waals surface area (Å²) in [4.78, 5) is 11.8. The normalized spacial score (nSPS) is 17.3. The van der Waals surface area contributed by atoms with Gasteiger partial charge in [-0.3, -0.25) is 4.79 Å². The first-order valence-electron chi connectivity index (χ1n) is 5.55. The highest BCUT2D eigenvalue weighted by atomic mass is 16.3. The summed E-state index contributed by atoms with van der Waals surface area (Å²) < 4.78 is 0. The van der Waals surface area contributed by atoms with Crippen LogP contribution in [0.1, 0.15) is 40.5 Å². The smallest absolute Gasteiger partial charge is 0.240 e. The molecular formula is C11H24N2O2. The molecule has 0 radical (unpaired) electrons. The van der Waals surface area contributed by atoms with Gasteiger partial charge in [0.25, 0.3) is 0 Å². The van der Waals surface area contributed by atoms with Gasteiger partial charge in [-0.15, -0.1) is 0 Å². The molecule has 0 aliphatic heterocycles. The Balaban J connectivity index is 4.35. The molecule has 0 spiro atoms. The van der Waals surface area contributed by atoms with E-state index in [0.717, 1.165) is 0 Å². The van der Waals surface area contributed by atoms with Gasteiger partial charge in [-0.05, 0) is 25.7 Å². The standard InChI is InChI=1S/C11H24N2O2/c1-5-11(4,12)10(15)13-9(6-7-14)8(2)3/h8-9,14H,5-7,12H2,1-4H3,(H,13,15). The number of nitrogens with one attached hydrogen (secondary N) is 1. The summed E-state index contributed by atoms with van der Waals surface area (Å²) in [7, 11) is 0. The van der Waals surface area contributed by atoms with Crippen molar-refractivity contribution in [3.8, 4) is 0 Å². The molecule has 4 N–H and O–H groups in total. The Hall–Kier alpha value is -0.610. The Morgan fingerprint density at radius 1 is 1.53 bits per heavy atom. The quantitative estimate of drug-likeness (QED) is 0.610. The van der Waals surface area contributed by atoms with Gasteiger partial charge in [0, 0.05) is 12.6 Å². The van der Waals surface area contributed by atoms with Crippen LogP contribution in [0.3, 0.4) is 0 Å². The van der Waals surface area contributed by atoms with E-state index in [1.165, 1.54) is 0 Å². The minimum absolute atomic E-state index is 0.00285. The van der Waals surface area contributed by atoms with Crippen molar-refractivity contribution in [3.63, 3.8) is 0 Å². The molecule has 15 heavy (non-hydrogen) atoms. The van der Waals surface area contributed by atoms with Crippen LogP contribution >= 0.6 is 0 Å². The number of carbonyl (C=O) groups excluding carboxylic acids is 1. The molecule has 0 fully saturated rings.